The smallest absolute Gasteiger partial charge is 0.257 e. The predicted molar refractivity (Wildman–Crippen MR) is 70.9 cm³/mol. The largest absolute Gasteiger partial charge is 0.381 e. The lowest BCUT2D eigenvalue weighted by molar-refractivity contribution is -0.116. The Morgan fingerprint density at radius 2 is 2.21 bits per heavy atom. The molecule has 1 aromatic rings. The number of aromatic nitrogens is 2. The molecule has 1 unspecified atom stereocenters. The summed E-state index contributed by atoms with van der Waals surface area (Å²) in [6.07, 6.45) is 6.58. The van der Waals surface area contributed by atoms with Crippen LogP contribution in [0.25, 0.3) is 0 Å². The predicted octanol–water partition coefficient (Wildman–Crippen LogP) is 1.75. The number of hydrogen-bond acceptors (Lipinski definition) is 3. The summed E-state index contributed by atoms with van der Waals surface area (Å²) in [5.74, 6) is 0.106. The van der Waals surface area contributed by atoms with Crippen LogP contribution in [-0.2, 0) is 4.74 Å². The Hall–Kier alpha value is -1.36. The molecule has 1 N–H and O–H groups in total. The van der Waals surface area contributed by atoms with Gasteiger partial charge in [-0.25, -0.2) is 0 Å². The van der Waals surface area contributed by atoms with E-state index in [9.17, 15) is 4.79 Å². The third kappa shape index (κ3) is 1.96. The van der Waals surface area contributed by atoms with E-state index < -0.39 is 0 Å². The third-order valence-electron chi connectivity index (χ3n) is 4.98. The van der Waals surface area contributed by atoms with Crippen LogP contribution in [0.4, 0.5) is 0 Å². The molecule has 104 valence electrons. The molecule has 2 heterocycles. The minimum absolute atomic E-state index is 0.106. The average molecular weight is 263 g/mol. The summed E-state index contributed by atoms with van der Waals surface area (Å²) in [6, 6.07) is 0. The van der Waals surface area contributed by atoms with Gasteiger partial charge in [0.15, 0.2) is 0 Å². The molecule has 1 saturated carbocycles. The Labute approximate surface area is 113 Å². The van der Waals surface area contributed by atoms with Crippen LogP contribution in [0.3, 0.4) is 0 Å². The van der Waals surface area contributed by atoms with Crippen molar-refractivity contribution in [2.45, 2.75) is 38.7 Å². The normalized spacial score (nSPS) is 25.4. The summed E-state index contributed by atoms with van der Waals surface area (Å²) in [7, 11) is 1.80. The fraction of sp³-hybridized carbons (Fsp3) is 0.714. The van der Waals surface area contributed by atoms with Crippen LogP contribution < -0.4 is 0 Å². The molecule has 1 aromatic heterocycles. The zero-order valence-electron chi connectivity index (χ0n) is 11.6. The molecular weight excluding hydrogens is 242 g/mol. The summed E-state index contributed by atoms with van der Waals surface area (Å²) in [6.45, 7) is 3.56. The zero-order valence-corrected chi connectivity index (χ0v) is 11.6. The van der Waals surface area contributed by atoms with E-state index in [4.69, 9.17) is 4.74 Å². The molecule has 1 aliphatic carbocycles. The summed E-state index contributed by atoms with van der Waals surface area (Å²) >= 11 is 0. The first kappa shape index (κ1) is 12.7. The molecule has 1 spiro atoms. The standard InChI is InChI=1S/C14H21N3O2/c1-10-11(9-15-16-10)13(18)17-7-5-14(6-8-17)4-3-12(14)19-2/h9,12H,3-8H2,1-2H3,(H,15,16). The SMILES string of the molecule is COC1CCC12CCN(C(=O)c1cn[nH]c1C)CC2. The molecule has 19 heavy (non-hydrogen) atoms. The number of nitrogens with zero attached hydrogens (tertiary/aromatic N) is 2. The first-order valence-electron chi connectivity index (χ1n) is 6.98. The van der Waals surface area contributed by atoms with Crippen molar-refractivity contribution in [1.29, 1.82) is 0 Å². The summed E-state index contributed by atoms with van der Waals surface area (Å²) < 4.78 is 5.55. The molecule has 5 nitrogen and oxygen atoms in total. The van der Waals surface area contributed by atoms with Gasteiger partial charge < -0.3 is 9.64 Å². The first-order chi connectivity index (χ1) is 9.16. The Kier molecular flexibility index (Phi) is 3.09. The fourth-order valence-electron chi connectivity index (χ4n) is 3.50. The lowest BCUT2D eigenvalue weighted by Gasteiger charge is -2.53. The summed E-state index contributed by atoms with van der Waals surface area (Å²) in [5, 5.41) is 6.75. The minimum atomic E-state index is 0.106. The molecule has 0 radical (unpaired) electrons. The van der Waals surface area contributed by atoms with Crippen LogP contribution in [0.2, 0.25) is 0 Å². The van der Waals surface area contributed by atoms with E-state index in [-0.39, 0.29) is 5.91 Å². The topological polar surface area (TPSA) is 58.2 Å². The van der Waals surface area contributed by atoms with Gasteiger partial charge in [-0.3, -0.25) is 9.89 Å². The molecule has 1 atom stereocenters. The number of rotatable bonds is 2. The Balaban J connectivity index is 1.65. The molecule has 2 aliphatic rings. The van der Waals surface area contributed by atoms with Crippen molar-refractivity contribution >= 4 is 5.91 Å². The highest BCUT2D eigenvalue weighted by Gasteiger charge is 2.49. The number of likely N-dealkylation sites (tertiary alicyclic amines) is 1. The number of amides is 1. The summed E-state index contributed by atoms with van der Waals surface area (Å²) in [4.78, 5) is 14.3. The number of H-pyrrole nitrogens is 1. The van der Waals surface area contributed by atoms with Crippen molar-refractivity contribution in [3.8, 4) is 0 Å². The minimum Gasteiger partial charge on any atom is -0.381 e. The lowest BCUT2D eigenvalue weighted by atomic mass is 9.60. The van der Waals surface area contributed by atoms with Crippen molar-refractivity contribution in [2.75, 3.05) is 20.2 Å². The summed E-state index contributed by atoms with van der Waals surface area (Å²) in [5.41, 5.74) is 1.90. The van der Waals surface area contributed by atoms with Crippen molar-refractivity contribution < 1.29 is 9.53 Å². The van der Waals surface area contributed by atoms with Crippen LogP contribution in [-0.4, -0.2) is 47.3 Å². The van der Waals surface area contributed by atoms with Gasteiger partial charge in [0.25, 0.3) is 5.91 Å². The number of carbonyl (C=O) groups is 1. The zero-order chi connectivity index (χ0) is 13.5. The Morgan fingerprint density at radius 3 is 2.68 bits per heavy atom. The lowest BCUT2D eigenvalue weighted by Crippen LogP contribution is -2.53. The van der Waals surface area contributed by atoms with Gasteiger partial charge in [0, 0.05) is 31.3 Å². The molecule has 0 bridgehead atoms. The van der Waals surface area contributed by atoms with Crippen LogP contribution >= 0.6 is 0 Å². The monoisotopic (exact) mass is 263 g/mol. The molecule has 3 rings (SSSR count). The van der Waals surface area contributed by atoms with Gasteiger partial charge in [0.1, 0.15) is 0 Å². The van der Waals surface area contributed by atoms with Crippen molar-refractivity contribution in [1.82, 2.24) is 15.1 Å². The van der Waals surface area contributed by atoms with Crippen molar-refractivity contribution in [3.05, 3.63) is 17.5 Å². The molecular formula is C14H21N3O2. The number of carbonyl (C=O) groups excluding carboxylic acids is 1. The van der Waals surface area contributed by atoms with Crippen LogP contribution in [0.5, 0.6) is 0 Å². The maximum atomic E-state index is 12.4. The van der Waals surface area contributed by atoms with Gasteiger partial charge in [-0.05, 0) is 32.6 Å². The number of hydrogen-bond donors (Lipinski definition) is 1. The number of methoxy groups -OCH3 is 1. The van der Waals surface area contributed by atoms with Crippen LogP contribution in [0.15, 0.2) is 6.20 Å². The number of piperidine rings is 1. The van der Waals surface area contributed by atoms with E-state index in [1.165, 1.54) is 12.8 Å². The molecule has 5 heteroatoms. The molecule has 0 aromatic carbocycles. The van der Waals surface area contributed by atoms with Crippen LogP contribution in [0.1, 0.15) is 41.7 Å². The van der Waals surface area contributed by atoms with E-state index in [2.05, 4.69) is 10.2 Å². The molecule has 1 amide bonds. The van der Waals surface area contributed by atoms with Gasteiger partial charge in [-0.1, -0.05) is 0 Å². The number of nitrogens with one attached hydrogen (secondary N) is 1. The van der Waals surface area contributed by atoms with E-state index in [0.717, 1.165) is 31.6 Å². The van der Waals surface area contributed by atoms with Crippen molar-refractivity contribution in [3.63, 3.8) is 0 Å². The van der Waals surface area contributed by atoms with Crippen molar-refractivity contribution in [2.24, 2.45) is 5.41 Å². The third-order valence-corrected chi connectivity index (χ3v) is 4.98. The Bertz CT molecular complexity index is 473. The van der Waals surface area contributed by atoms with Gasteiger partial charge in [0.05, 0.1) is 17.9 Å². The van der Waals surface area contributed by atoms with E-state index in [0.29, 0.717) is 17.1 Å². The first-order valence-corrected chi connectivity index (χ1v) is 6.98. The highest BCUT2D eigenvalue weighted by molar-refractivity contribution is 5.95. The van der Waals surface area contributed by atoms with E-state index >= 15 is 0 Å². The highest BCUT2D eigenvalue weighted by Crippen LogP contribution is 2.50. The second-order valence-electron chi connectivity index (χ2n) is 5.83. The maximum Gasteiger partial charge on any atom is 0.257 e. The quantitative estimate of drug-likeness (QED) is 0.884. The highest BCUT2D eigenvalue weighted by atomic mass is 16.5. The van der Waals surface area contributed by atoms with Crippen LogP contribution in [0, 0.1) is 12.3 Å². The Morgan fingerprint density at radius 1 is 1.47 bits per heavy atom. The van der Waals surface area contributed by atoms with E-state index in [1.54, 1.807) is 13.3 Å². The fourth-order valence-corrected chi connectivity index (χ4v) is 3.50. The average Bonchev–Trinajstić information content (AvgIpc) is 2.84. The van der Waals surface area contributed by atoms with Gasteiger partial charge in [0.2, 0.25) is 0 Å². The second-order valence-corrected chi connectivity index (χ2v) is 5.83. The molecule has 2 fully saturated rings. The molecule has 1 aliphatic heterocycles. The van der Waals surface area contributed by atoms with Gasteiger partial charge in [-0.2, -0.15) is 5.10 Å². The number of ether oxygens (including phenoxy) is 1. The maximum absolute atomic E-state index is 12.4. The number of aryl methyl sites for hydroxylation is 1. The van der Waals surface area contributed by atoms with Gasteiger partial charge in [-0.15, -0.1) is 0 Å². The number of aromatic amines is 1. The van der Waals surface area contributed by atoms with Gasteiger partial charge >= 0.3 is 0 Å². The molecule has 1 saturated heterocycles. The van der Waals surface area contributed by atoms with E-state index in [1.807, 2.05) is 11.8 Å². The second kappa shape index (κ2) is 4.63.